The highest BCUT2D eigenvalue weighted by molar-refractivity contribution is 7.89. The summed E-state index contributed by atoms with van der Waals surface area (Å²) in [4.78, 5) is 5.15. The summed E-state index contributed by atoms with van der Waals surface area (Å²) in [6.45, 7) is 4.46. The molecule has 24 heavy (non-hydrogen) atoms. The fourth-order valence-electron chi connectivity index (χ4n) is 4.43. The third kappa shape index (κ3) is 5.41. The molecule has 0 atom stereocenters. The molecule has 2 fully saturated rings. The first-order valence-electron chi connectivity index (χ1n) is 9.70. The summed E-state index contributed by atoms with van der Waals surface area (Å²) in [6.07, 6.45) is 11.5. The SMILES string of the molecule is CN(CCCS(=O)(=O)N(C)C)CC1(N2CCCCC2)CCCCC1. The van der Waals surface area contributed by atoms with E-state index in [4.69, 9.17) is 0 Å². The lowest BCUT2D eigenvalue weighted by Gasteiger charge is -2.50. The highest BCUT2D eigenvalue weighted by Crippen LogP contribution is 2.36. The van der Waals surface area contributed by atoms with Gasteiger partial charge in [-0.3, -0.25) is 4.90 Å². The van der Waals surface area contributed by atoms with Gasteiger partial charge < -0.3 is 4.90 Å². The van der Waals surface area contributed by atoms with E-state index in [0.29, 0.717) is 12.0 Å². The van der Waals surface area contributed by atoms with Crippen LogP contribution in [0.3, 0.4) is 0 Å². The van der Waals surface area contributed by atoms with E-state index in [1.54, 1.807) is 14.1 Å². The highest BCUT2D eigenvalue weighted by atomic mass is 32.2. The molecule has 0 aromatic carbocycles. The van der Waals surface area contributed by atoms with Gasteiger partial charge in [-0.05, 0) is 58.8 Å². The number of rotatable bonds is 8. The van der Waals surface area contributed by atoms with Crippen molar-refractivity contribution in [3.63, 3.8) is 0 Å². The number of hydrogen-bond acceptors (Lipinski definition) is 4. The van der Waals surface area contributed by atoms with E-state index in [0.717, 1.165) is 13.1 Å². The van der Waals surface area contributed by atoms with Crippen molar-refractivity contribution >= 4 is 10.0 Å². The maximum atomic E-state index is 11.9. The summed E-state index contributed by atoms with van der Waals surface area (Å²) in [7, 11) is 2.34. The Kier molecular flexibility index (Phi) is 7.53. The predicted octanol–water partition coefficient (Wildman–Crippen LogP) is 2.39. The molecule has 5 nitrogen and oxygen atoms in total. The van der Waals surface area contributed by atoms with E-state index >= 15 is 0 Å². The van der Waals surface area contributed by atoms with E-state index in [9.17, 15) is 8.42 Å². The lowest BCUT2D eigenvalue weighted by molar-refractivity contribution is 0.00948. The van der Waals surface area contributed by atoms with Gasteiger partial charge in [-0.2, -0.15) is 0 Å². The van der Waals surface area contributed by atoms with Crippen LogP contribution >= 0.6 is 0 Å². The second kappa shape index (κ2) is 8.97. The van der Waals surface area contributed by atoms with Gasteiger partial charge in [0.2, 0.25) is 10.0 Å². The second-order valence-corrected chi connectivity index (χ2v) is 10.3. The van der Waals surface area contributed by atoms with Crippen molar-refractivity contribution in [3.05, 3.63) is 0 Å². The van der Waals surface area contributed by atoms with Crippen molar-refractivity contribution in [3.8, 4) is 0 Å². The van der Waals surface area contributed by atoms with Crippen LogP contribution in [0.25, 0.3) is 0 Å². The molecular formula is C18H37N3O2S. The average Bonchev–Trinajstić information content (AvgIpc) is 2.56. The van der Waals surface area contributed by atoms with Crippen LogP contribution in [-0.4, -0.2) is 81.1 Å². The molecule has 0 spiro atoms. The molecule has 0 radical (unpaired) electrons. The summed E-state index contributed by atoms with van der Waals surface area (Å²) >= 11 is 0. The number of hydrogen-bond donors (Lipinski definition) is 0. The third-order valence-corrected chi connectivity index (χ3v) is 7.79. The Morgan fingerprint density at radius 3 is 2.08 bits per heavy atom. The van der Waals surface area contributed by atoms with Crippen LogP contribution in [0.5, 0.6) is 0 Å². The summed E-state index contributed by atoms with van der Waals surface area (Å²) < 4.78 is 25.2. The molecule has 0 bridgehead atoms. The Bertz CT molecular complexity index is 467. The molecule has 2 rings (SSSR count). The zero-order valence-electron chi connectivity index (χ0n) is 16.0. The summed E-state index contributed by atoms with van der Waals surface area (Å²) in [5.41, 5.74) is 0.341. The molecule has 142 valence electrons. The van der Waals surface area contributed by atoms with Crippen molar-refractivity contribution < 1.29 is 8.42 Å². The smallest absolute Gasteiger partial charge is 0.213 e. The molecule has 0 aromatic rings. The predicted molar refractivity (Wildman–Crippen MR) is 101 cm³/mol. The van der Waals surface area contributed by atoms with Crippen molar-refractivity contribution in [1.82, 2.24) is 14.1 Å². The Morgan fingerprint density at radius 2 is 1.50 bits per heavy atom. The number of sulfonamides is 1. The fourth-order valence-corrected chi connectivity index (χ4v) is 5.29. The van der Waals surface area contributed by atoms with Gasteiger partial charge >= 0.3 is 0 Å². The normalized spacial score (nSPS) is 23.0. The van der Waals surface area contributed by atoms with Gasteiger partial charge in [-0.1, -0.05) is 25.7 Å². The van der Waals surface area contributed by atoms with Gasteiger partial charge in [0.1, 0.15) is 0 Å². The van der Waals surface area contributed by atoms with Gasteiger partial charge in [0.05, 0.1) is 5.75 Å². The lowest BCUT2D eigenvalue weighted by atomic mass is 9.78. The number of nitrogens with zero attached hydrogens (tertiary/aromatic N) is 3. The molecular weight excluding hydrogens is 322 g/mol. The third-order valence-electron chi connectivity index (χ3n) is 5.87. The number of likely N-dealkylation sites (tertiary alicyclic amines) is 1. The molecule has 0 amide bonds. The van der Waals surface area contributed by atoms with Crippen molar-refractivity contribution in [2.45, 2.75) is 63.3 Å². The molecule has 2 aliphatic rings. The van der Waals surface area contributed by atoms with E-state index in [2.05, 4.69) is 16.8 Å². The first-order valence-corrected chi connectivity index (χ1v) is 11.3. The van der Waals surface area contributed by atoms with Gasteiger partial charge in [0.15, 0.2) is 0 Å². The lowest BCUT2D eigenvalue weighted by Crippen LogP contribution is -2.57. The first kappa shape index (κ1) is 20.1. The van der Waals surface area contributed by atoms with Gasteiger partial charge in [-0.15, -0.1) is 0 Å². The van der Waals surface area contributed by atoms with E-state index < -0.39 is 10.0 Å². The van der Waals surface area contributed by atoms with Gasteiger partial charge in [0, 0.05) is 26.2 Å². The van der Waals surface area contributed by atoms with Crippen molar-refractivity contribution in [1.29, 1.82) is 0 Å². The molecule has 6 heteroatoms. The maximum absolute atomic E-state index is 11.9. The molecule has 1 aliphatic heterocycles. The zero-order valence-corrected chi connectivity index (χ0v) is 16.8. The van der Waals surface area contributed by atoms with E-state index in [1.165, 1.54) is 68.8 Å². The van der Waals surface area contributed by atoms with Crippen LogP contribution in [0, 0.1) is 0 Å². The number of likely N-dealkylation sites (N-methyl/N-ethyl adjacent to an activating group) is 1. The van der Waals surface area contributed by atoms with Gasteiger partial charge in [0.25, 0.3) is 0 Å². The molecule has 1 saturated carbocycles. The molecule has 1 saturated heterocycles. The zero-order chi connectivity index (χ0) is 17.6. The highest BCUT2D eigenvalue weighted by Gasteiger charge is 2.39. The van der Waals surface area contributed by atoms with Gasteiger partial charge in [-0.25, -0.2) is 12.7 Å². The largest absolute Gasteiger partial charge is 0.304 e. The summed E-state index contributed by atoms with van der Waals surface area (Å²) in [5, 5.41) is 0. The Hall–Kier alpha value is -0.170. The first-order chi connectivity index (χ1) is 11.4. The van der Waals surface area contributed by atoms with Crippen LogP contribution in [0.15, 0.2) is 0 Å². The fraction of sp³-hybridized carbons (Fsp3) is 1.00. The topological polar surface area (TPSA) is 43.9 Å². The molecule has 0 N–H and O–H groups in total. The quantitative estimate of drug-likeness (QED) is 0.667. The Morgan fingerprint density at radius 1 is 0.917 bits per heavy atom. The molecule has 1 aliphatic carbocycles. The maximum Gasteiger partial charge on any atom is 0.213 e. The van der Waals surface area contributed by atoms with E-state index in [-0.39, 0.29) is 5.75 Å². The standard InChI is InChI=1S/C18H37N3O2S/c1-19(2)24(22,23)16-10-13-20(3)17-18(11-6-4-7-12-18)21-14-8-5-9-15-21/h4-17H2,1-3H3. The van der Waals surface area contributed by atoms with Crippen LogP contribution in [0.4, 0.5) is 0 Å². The van der Waals surface area contributed by atoms with Crippen LogP contribution in [0.1, 0.15) is 57.8 Å². The van der Waals surface area contributed by atoms with Crippen molar-refractivity contribution in [2.24, 2.45) is 0 Å². The summed E-state index contributed by atoms with van der Waals surface area (Å²) in [5.74, 6) is 0.251. The Balaban J connectivity index is 1.89. The average molecular weight is 360 g/mol. The molecule has 1 heterocycles. The monoisotopic (exact) mass is 359 g/mol. The minimum absolute atomic E-state index is 0.251. The minimum atomic E-state index is -3.07. The summed E-state index contributed by atoms with van der Waals surface area (Å²) in [6, 6.07) is 0. The van der Waals surface area contributed by atoms with Crippen molar-refractivity contribution in [2.75, 3.05) is 53.1 Å². The van der Waals surface area contributed by atoms with Crippen LogP contribution in [-0.2, 0) is 10.0 Å². The second-order valence-electron chi connectivity index (χ2n) is 8.02. The van der Waals surface area contributed by atoms with E-state index in [1.807, 2.05) is 0 Å². The number of piperidine rings is 1. The molecule has 0 aromatic heterocycles. The van der Waals surface area contributed by atoms with Crippen LogP contribution < -0.4 is 0 Å². The van der Waals surface area contributed by atoms with Crippen LogP contribution in [0.2, 0.25) is 0 Å². The Labute approximate surface area is 149 Å². The molecule has 0 unspecified atom stereocenters. The minimum Gasteiger partial charge on any atom is -0.304 e.